The fourth-order valence-corrected chi connectivity index (χ4v) is 0.411. The summed E-state index contributed by atoms with van der Waals surface area (Å²) in [6.45, 7) is 6.37. The fourth-order valence-electron chi connectivity index (χ4n) is 0.411. The van der Waals surface area contributed by atoms with Gasteiger partial charge in [0.15, 0.2) is 5.76 Å². The Labute approximate surface area is 79.7 Å². The van der Waals surface area contributed by atoms with Crippen LogP contribution in [0.15, 0.2) is 37.5 Å². The smallest absolute Gasteiger partial charge is 0.449 e. The van der Waals surface area contributed by atoms with Gasteiger partial charge in [0.05, 0.1) is 6.26 Å². The molecule has 0 aliphatic heterocycles. The van der Waals surface area contributed by atoms with E-state index in [2.05, 4.69) is 27.4 Å². The lowest BCUT2D eigenvalue weighted by Crippen LogP contribution is -2.03. The Balaban J connectivity index is 4.20. The zero-order valence-corrected chi connectivity index (χ0v) is 7.13. The molecule has 6 nitrogen and oxygen atoms in total. The van der Waals surface area contributed by atoms with Crippen molar-refractivity contribution in [2.75, 3.05) is 0 Å². The van der Waals surface area contributed by atoms with E-state index in [1.54, 1.807) is 0 Å². The van der Waals surface area contributed by atoms with Crippen LogP contribution in [0.5, 0.6) is 0 Å². The SMILES string of the molecule is C=COC(=O)O/C(C=C)=C/OC(=O)O. The van der Waals surface area contributed by atoms with Gasteiger partial charge in [0.1, 0.15) is 6.26 Å². The average Bonchev–Trinajstić information content (AvgIpc) is 2.12. The van der Waals surface area contributed by atoms with Crippen LogP contribution in [0.1, 0.15) is 0 Å². The molecule has 0 aromatic rings. The summed E-state index contributed by atoms with van der Waals surface area (Å²) in [5, 5.41) is 8.11. The maximum absolute atomic E-state index is 10.6. The van der Waals surface area contributed by atoms with Crippen LogP contribution in [0.4, 0.5) is 9.59 Å². The van der Waals surface area contributed by atoms with E-state index in [1.165, 1.54) is 0 Å². The van der Waals surface area contributed by atoms with Crippen molar-refractivity contribution < 1.29 is 28.9 Å². The maximum atomic E-state index is 10.6. The normalized spacial score (nSPS) is 9.86. The quantitative estimate of drug-likeness (QED) is 0.424. The van der Waals surface area contributed by atoms with E-state index in [9.17, 15) is 9.59 Å². The zero-order chi connectivity index (χ0) is 11.0. The van der Waals surface area contributed by atoms with E-state index in [-0.39, 0.29) is 5.76 Å². The van der Waals surface area contributed by atoms with Crippen molar-refractivity contribution in [3.63, 3.8) is 0 Å². The van der Waals surface area contributed by atoms with Crippen LogP contribution in [-0.2, 0) is 14.2 Å². The van der Waals surface area contributed by atoms with Crippen molar-refractivity contribution in [1.82, 2.24) is 0 Å². The van der Waals surface area contributed by atoms with Crippen molar-refractivity contribution in [1.29, 1.82) is 0 Å². The highest BCUT2D eigenvalue weighted by Crippen LogP contribution is 2.01. The molecule has 0 aromatic carbocycles. The minimum Gasteiger partial charge on any atom is -0.449 e. The molecule has 14 heavy (non-hydrogen) atoms. The maximum Gasteiger partial charge on any atom is 0.518 e. The Morgan fingerprint density at radius 3 is 2.29 bits per heavy atom. The Morgan fingerprint density at radius 2 is 1.86 bits per heavy atom. The van der Waals surface area contributed by atoms with Crippen LogP contribution in [0, 0.1) is 0 Å². The molecule has 0 radical (unpaired) electrons. The lowest BCUT2D eigenvalue weighted by atomic mass is 10.5. The standard InChI is InChI=1S/C8H8O6/c1-3-6(5-13-7(9)10)14-8(11)12-4-2/h3-5H,1-2H2,(H,9,10)/b6-5+. The highest BCUT2D eigenvalue weighted by Gasteiger charge is 2.05. The summed E-state index contributed by atoms with van der Waals surface area (Å²) < 4.78 is 12.6. The van der Waals surface area contributed by atoms with Crippen LogP contribution in [0.25, 0.3) is 0 Å². The van der Waals surface area contributed by atoms with Crippen LogP contribution < -0.4 is 0 Å². The molecule has 0 saturated carbocycles. The number of carboxylic acid groups (broad SMARTS) is 1. The third-order valence-corrected chi connectivity index (χ3v) is 0.858. The van der Waals surface area contributed by atoms with E-state index >= 15 is 0 Å². The summed E-state index contributed by atoms with van der Waals surface area (Å²) in [7, 11) is 0. The van der Waals surface area contributed by atoms with Crippen LogP contribution in [0.2, 0.25) is 0 Å². The number of hydrogen-bond donors (Lipinski definition) is 1. The number of allylic oxidation sites excluding steroid dienone is 1. The molecule has 0 aromatic heterocycles. The van der Waals surface area contributed by atoms with Gasteiger partial charge in [-0.05, 0) is 6.08 Å². The first kappa shape index (κ1) is 11.8. The first-order chi connectivity index (χ1) is 6.60. The third kappa shape index (κ3) is 5.42. The lowest BCUT2D eigenvalue weighted by Gasteiger charge is -2.01. The molecule has 0 rings (SSSR count). The molecule has 0 fully saturated rings. The van der Waals surface area contributed by atoms with Crippen molar-refractivity contribution in [2.24, 2.45) is 0 Å². The number of ether oxygens (including phenoxy) is 3. The van der Waals surface area contributed by atoms with E-state index in [4.69, 9.17) is 5.11 Å². The predicted molar refractivity (Wildman–Crippen MR) is 45.2 cm³/mol. The van der Waals surface area contributed by atoms with Gasteiger partial charge in [0, 0.05) is 0 Å². The van der Waals surface area contributed by atoms with E-state index in [0.29, 0.717) is 6.26 Å². The van der Waals surface area contributed by atoms with Gasteiger partial charge in [0.25, 0.3) is 0 Å². The summed E-state index contributed by atoms with van der Waals surface area (Å²) in [5.74, 6) is -0.195. The first-order valence-electron chi connectivity index (χ1n) is 3.31. The van der Waals surface area contributed by atoms with Gasteiger partial charge in [-0.1, -0.05) is 13.2 Å². The number of carbonyl (C=O) groups excluding carboxylic acids is 1. The summed E-state index contributed by atoms with van der Waals surface area (Å²) in [4.78, 5) is 20.6. The number of rotatable bonds is 4. The van der Waals surface area contributed by atoms with Crippen molar-refractivity contribution in [3.8, 4) is 0 Å². The summed E-state index contributed by atoms with van der Waals surface area (Å²) in [5.41, 5.74) is 0. The Bertz CT molecular complexity index is 278. The van der Waals surface area contributed by atoms with Crippen LogP contribution in [0.3, 0.4) is 0 Å². The second kappa shape index (κ2) is 6.30. The van der Waals surface area contributed by atoms with Gasteiger partial charge < -0.3 is 19.3 Å². The summed E-state index contributed by atoms with van der Waals surface area (Å²) >= 11 is 0. The van der Waals surface area contributed by atoms with Gasteiger partial charge in [-0.25, -0.2) is 9.59 Å². The van der Waals surface area contributed by atoms with E-state index < -0.39 is 12.3 Å². The molecule has 0 unspecified atom stereocenters. The van der Waals surface area contributed by atoms with Crippen LogP contribution in [-0.4, -0.2) is 17.4 Å². The molecule has 1 N–H and O–H groups in total. The van der Waals surface area contributed by atoms with Crippen molar-refractivity contribution >= 4 is 12.3 Å². The Hall–Kier alpha value is -2.24. The molecule has 0 amide bonds. The zero-order valence-electron chi connectivity index (χ0n) is 7.13. The molecular formula is C8H8O6. The molecule has 0 atom stereocenters. The van der Waals surface area contributed by atoms with E-state index in [1.807, 2.05) is 0 Å². The van der Waals surface area contributed by atoms with Crippen LogP contribution >= 0.6 is 0 Å². The lowest BCUT2D eigenvalue weighted by molar-refractivity contribution is 0.104. The third-order valence-electron chi connectivity index (χ3n) is 0.858. The number of hydrogen-bond acceptors (Lipinski definition) is 5. The number of carbonyl (C=O) groups is 2. The fraction of sp³-hybridized carbons (Fsp3) is 0. The van der Waals surface area contributed by atoms with Gasteiger partial charge in [0.2, 0.25) is 0 Å². The minimum absolute atomic E-state index is 0.195. The first-order valence-corrected chi connectivity index (χ1v) is 3.31. The topological polar surface area (TPSA) is 82.1 Å². The summed E-state index contributed by atoms with van der Waals surface area (Å²) in [6.07, 6.45) is 0.0267. The van der Waals surface area contributed by atoms with Gasteiger partial charge in [-0.15, -0.1) is 0 Å². The predicted octanol–water partition coefficient (Wildman–Crippen LogP) is 2.01. The Morgan fingerprint density at radius 1 is 1.21 bits per heavy atom. The molecular weight excluding hydrogens is 192 g/mol. The molecule has 0 aliphatic rings. The molecule has 0 bridgehead atoms. The second-order valence-electron chi connectivity index (χ2n) is 1.74. The molecule has 6 heteroatoms. The Kier molecular flexibility index (Phi) is 5.29. The van der Waals surface area contributed by atoms with Gasteiger partial charge in [-0.2, -0.15) is 0 Å². The largest absolute Gasteiger partial charge is 0.518 e. The summed E-state index contributed by atoms with van der Waals surface area (Å²) in [6, 6.07) is 0. The minimum atomic E-state index is -1.54. The highest BCUT2D eigenvalue weighted by molar-refractivity contribution is 5.63. The molecule has 0 heterocycles. The highest BCUT2D eigenvalue weighted by atomic mass is 16.7. The molecule has 0 spiro atoms. The molecule has 0 aliphatic carbocycles. The van der Waals surface area contributed by atoms with Crippen molar-refractivity contribution in [2.45, 2.75) is 0 Å². The molecule has 0 saturated heterocycles. The van der Waals surface area contributed by atoms with Gasteiger partial charge in [-0.3, -0.25) is 0 Å². The average molecular weight is 200 g/mol. The van der Waals surface area contributed by atoms with Crippen molar-refractivity contribution in [3.05, 3.63) is 37.5 Å². The van der Waals surface area contributed by atoms with E-state index in [0.717, 1.165) is 12.3 Å². The molecule has 76 valence electrons. The second-order valence-corrected chi connectivity index (χ2v) is 1.74. The monoisotopic (exact) mass is 200 g/mol. The van der Waals surface area contributed by atoms with Gasteiger partial charge >= 0.3 is 12.3 Å².